The highest BCUT2D eigenvalue weighted by molar-refractivity contribution is 9.10. The van der Waals surface area contributed by atoms with Crippen LogP contribution in [0.2, 0.25) is 0 Å². The second kappa shape index (κ2) is 7.27. The van der Waals surface area contributed by atoms with Crippen LogP contribution in [-0.2, 0) is 17.6 Å². The van der Waals surface area contributed by atoms with Gasteiger partial charge in [-0.3, -0.25) is 0 Å². The molecule has 2 aromatic rings. The van der Waals surface area contributed by atoms with Gasteiger partial charge in [-0.1, -0.05) is 40.2 Å². The van der Waals surface area contributed by atoms with Crippen molar-refractivity contribution in [3.8, 4) is 5.75 Å². The number of halogens is 1. The van der Waals surface area contributed by atoms with Gasteiger partial charge in [-0.2, -0.15) is 0 Å². The lowest BCUT2D eigenvalue weighted by Gasteiger charge is -2.12. The average molecular weight is 349 g/mol. The number of carbonyl (C=O) groups is 1. The third-order valence-corrected chi connectivity index (χ3v) is 3.85. The molecule has 4 heteroatoms. The Morgan fingerprint density at radius 3 is 2.38 bits per heavy atom. The number of methoxy groups -OCH3 is 2. The van der Waals surface area contributed by atoms with Crippen LogP contribution >= 0.6 is 15.9 Å². The number of esters is 1. The zero-order valence-corrected chi connectivity index (χ0v) is 13.6. The van der Waals surface area contributed by atoms with E-state index in [1.807, 2.05) is 24.3 Å². The van der Waals surface area contributed by atoms with E-state index in [1.54, 1.807) is 13.2 Å². The molecule has 110 valence electrons. The van der Waals surface area contributed by atoms with Crippen LogP contribution in [0.15, 0.2) is 46.9 Å². The first kappa shape index (κ1) is 15.6. The summed E-state index contributed by atoms with van der Waals surface area (Å²) in [7, 11) is 2.94. The monoisotopic (exact) mass is 348 g/mol. The van der Waals surface area contributed by atoms with Crippen molar-refractivity contribution in [3.63, 3.8) is 0 Å². The molecule has 0 saturated carbocycles. The molecule has 0 aliphatic heterocycles. The molecule has 0 spiro atoms. The van der Waals surface area contributed by atoms with Crippen LogP contribution in [0.1, 0.15) is 21.5 Å². The Balaban J connectivity index is 2.23. The molecular formula is C17H17BrO3. The summed E-state index contributed by atoms with van der Waals surface area (Å²) < 4.78 is 11.2. The van der Waals surface area contributed by atoms with Crippen molar-refractivity contribution < 1.29 is 14.3 Å². The minimum atomic E-state index is -0.363. The maximum atomic E-state index is 12.0. The predicted octanol–water partition coefficient (Wildman–Crippen LogP) is 4.03. The Bertz CT molecular complexity index is 620. The van der Waals surface area contributed by atoms with Gasteiger partial charge in [0.05, 0.1) is 14.2 Å². The van der Waals surface area contributed by atoms with Crippen LogP contribution in [0.25, 0.3) is 0 Å². The Morgan fingerprint density at radius 2 is 1.76 bits per heavy atom. The summed E-state index contributed by atoms with van der Waals surface area (Å²) in [4.78, 5) is 12.0. The normalized spacial score (nSPS) is 10.2. The fourth-order valence-electron chi connectivity index (χ4n) is 2.22. The predicted molar refractivity (Wildman–Crippen MR) is 85.9 cm³/mol. The zero-order valence-electron chi connectivity index (χ0n) is 12.1. The Hall–Kier alpha value is -1.81. The van der Waals surface area contributed by atoms with Gasteiger partial charge in [0.15, 0.2) is 0 Å². The molecular weight excluding hydrogens is 332 g/mol. The first-order valence-electron chi connectivity index (χ1n) is 6.64. The minimum Gasteiger partial charge on any atom is -0.496 e. The van der Waals surface area contributed by atoms with Gasteiger partial charge >= 0.3 is 5.97 Å². The summed E-state index contributed by atoms with van der Waals surface area (Å²) in [6, 6.07) is 13.8. The number of carbonyl (C=O) groups excluding carboxylic acids is 1. The van der Waals surface area contributed by atoms with Crippen molar-refractivity contribution in [2.45, 2.75) is 12.8 Å². The highest BCUT2D eigenvalue weighted by Gasteiger charge is 2.17. The van der Waals surface area contributed by atoms with E-state index in [9.17, 15) is 4.79 Å². The number of hydrogen-bond donors (Lipinski definition) is 0. The quantitative estimate of drug-likeness (QED) is 0.765. The third-order valence-electron chi connectivity index (χ3n) is 3.32. The largest absolute Gasteiger partial charge is 0.496 e. The molecule has 2 aromatic carbocycles. The number of aryl methyl sites for hydroxylation is 2. The van der Waals surface area contributed by atoms with Gasteiger partial charge in [0, 0.05) is 4.47 Å². The van der Waals surface area contributed by atoms with E-state index in [-0.39, 0.29) is 5.97 Å². The lowest BCUT2D eigenvalue weighted by atomic mass is 9.99. The van der Waals surface area contributed by atoms with E-state index in [2.05, 4.69) is 28.1 Å². The van der Waals surface area contributed by atoms with Gasteiger partial charge in [-0.25, -0.2) is 4.79 Å². The Kier molecular flexibility index (Phi) is 5.39. The van der Waals surface area contributed by atoms with Crippen LogP contribution < -0.4 is 4.74 Å². The summed E-state index contributed by atoms with van der Waals surface area (Å²) in [5.74, 6) is 0.188. The Morgan fingerprint density at radius 1 is 1.05 bits per heavy atom. The highest BCUT2D eigenvalue weighted by Crippen LogP contribution is 2.24. The van der Waals surface area contributed by atoms with Gasteiger partial charge in [-0.05, 0) is 42.2 Å². The molecule has 0 unspecified atom stereocenters. The summed E-state index contributed by atoms with van der Waals surface area (Å²) in [5, 5.41) is 0. The summed E-state index contributed by atoms with van der Waals surface area (Å²) >= 11 is 3.42. The van der Waals surface area contributed by atoms with Crippen molar-refractivity contribution in [3.05, 3.63) is 63.6 Å². The number of ether oxygens (including phenoxy) is 2. The fraction of sp³-hybridized carbons (Fsp3) is 0.235. The van der Waals surface area contributed by atoms with Gasteiger partial charge < -0.3 is 9.47 Å². The van der Waals surface area contributed by atoms with Crippen LogP contribution in [0.3, 0.4) is 0 Å². The molecule has 0 saturated heterocycles. The molecule has 0 N–H and O–H groups in total. The first-order chi connectivity index (χ1) is 10.2. The molecule has 0 aromatic heterocycles. The summed E-state index contributed by atoms with van der Waals surface area (Å²) in [6.07, 6.45) is 1.60. The molecule has 21 heavy (non-hydrogen) atoms. The maximum absolute atomic E-state index is 12.0. The van der Waals surface area contributed by atoms with E-state index in [0.717, 1.165) is 22.9 Å². The van der Waals surface area contributed by atoms with Crippen molar-refractivity contribution in [2.24, 2.45) is 0 Å². The molecule has 2 rings (SSSR count). The van der Waals surface area contributed by atoms with E-state index < -0.39 is 0 Å². The molecule has 0 radical (unpaired) electrons. The highest BCUT2D eigenvalue weighted by atomic mass is 79.9. The SMILES string of the molecule is COC(=O)c1c(CCc2ccc(Br)cc2)cccc1OC. The molecule has 3 nitrogen and oxygen atoms in total. The third kappa shape index (κ3) is 3.85. The number of rotatable bonds is 5. The molecule has 0 fully saturated rings. The average Bonchev–Trinajstić information content (AvgIpc) is 2.53. The standard InChI is InChI=1S/C17H17BrO3/c1-20-15-5-3-4-13(16(15)17(19)21-2)9-6-12-7-10-14(18)11-8-12/h3-5,7-8,10-11H,6,9H2,1-2H3. The fourth-order valence-corrected chi connectivity index (χ4v) is 2.48. The van der Waals surface area contributed by atoms with Gasteiger partial charge in [0.2, 0.25) is 0 Å². The van der Waals surface area contributed by atoms with E-state index in [1.165, 1.54) is 12.7 Å². The maximum Gasteiger partial charge on any atom is 0.341 e. The number of hydrogen-bond acceptors (Lipinski definition) is 3. The van der Waals surface area contributed by atoms with Crippen LogP contribution in [0.4, 0.5) is 0 Å². The van der Waals surface area contributed by atoms with E-state index >= 15 is 0 Å². The lowest BCUT2D eigenvalue weighted by molar-refractivity contribution is 0.0596. The second-order valence-corrected chi connectivity index (χ2v) is 5.53. The van der Waals surface area contributed by atoms with Crippen molar-refractivity contribution in [2.75, 3.05) is 14.2 Å². The molecule has 0 heterocycles. The summed E-state index contributed by atoms with van der Waals surface area (Å²) in [5.41, 5.74) is 2.67. The number of benzene rings is 2. The van der Waals surface area contributed by atoms with Gasteiger partial charge in [0.1, 0.15) is 11.3 Å². The van der Waals surface area contributed by atoms with Crippen molar-refractivity contribution >= 4 is 21.9 Å². The lowest BCUT2D eigenvalue weighted by Crippen LogP contribution is -2.09. The van der Waals surface area contributed by atoms with Crippen molar-refractivity contribution in [1.82, 2.24) is 0 Å². The molecule has 0 bridgehead atoms. The zero-order chi connectivity index (χ0) is 15.2. The topological polar surface area (TPSA) is 35.5 Å². The Labute approximate surface area is 133 Å². The van der Waals surface area contributed by atoms with Crippen LogP contribution in [-0.4, -0.2) is 20.2 Å². The van der Waals surface area contributed by atoms with Gasteiger partial charge in [0.25, 0.3) is 0 Å². The minimum absolute atomic E-state index is 0.363. The first-order valence-corrected chi connectivity index (χ1v) is 7.43. The van der Waals surface area contributed by atoms with E-state index in [4.69, 9.17) is 9.47 Å². The smallest absolute Gasteiger partial charge is 0.341 e. The van der Waals surface area contributed by atoms with E-state index in [0.29, 0.717) is 11.3 Å². The van der Waals surface area contributed by atoms with Crippen molar-refractivity contribution in [1.29, 1.82) is 0 Å². The molecule has 0 atom stereocenters. The molecule has 0 aliphatic rings. The second-order valence-electron chi connectivity index (χ2n) is 4.61. The van der Waals surface area contributed by atoms with Crippen LogP contribution in [0.5, 0.6) is 5.75 Å². The summed E-state index contributed by atoms with van der Waals surface area (Å²) in [6.45, 7) is 0. The molecule has 0 amide bonds. The molecule has 0 aliphatic carbocycles. The van der Waals surface area contributed by atoms with Gasteiger partial charge in [-0.15, -0.1) is 0 Å². The van der Waals surface area contributed by atoms with Crippen LogP contribution in [0, 0.1) is 0 Å².